The number of ether oxygens (including phenoxy) is 1. The second kappa shape index (κ2) is 9.29. The van der Waals surface area contributed by atoms with Gasteiger partial charge in [0, 0.05) is 17.5 Å². The van der Waals surface area contributed by atoms with Crippen LogP contribution in [0.3, 0.4) is 0 Å². The predicted octanol–water partition coefficient (Wildman–Crippen LogP) is 6.04. The molecule has 0 unspecified atom stereocenters. The highest BCUT2D eigenvalue weighted by atomic mass is 32.1. The molecule has 0 bridgehead atoms. The van der Waals surface area contributed by atoms with Crippen molar-refractivity contribution in [2.75, 3.05) is 6.61 Å². The molecule has 2 aromatic carbocycles. The van der Waals surface area contributed by atoms with Gasteiger partial charge in [-0.1, -0.05) is 37.3 Å². The molecule has 1 aliphatic carbocycles. The van der Waals surface area contributed by atoms with Gasteiger partial charge < -0.3 is 4.74 Å². The molecule has 0 saturated carbocycles. The molecule has 1 aliphatic rings. The second-order valence-electron chi connectivity index (χ2n) is 8.46. The van der Waals surface area contributed by atoms with Crippen molar-refractivity contribution in [3.05, 3.63) is 81.2 Å². The first-order valence-electron chi connectivity index (χ1n) is 11.5. The van der Waals surface area contributed by atoms with Gasteiger partial charge in [0.2, 0.25) is 0 Å². The SMILES string of the molecule is CCc1ccc(OCCCn2cnc3scc(-c4ccc5c(c4)CCCC5)c3c2=O)cc1. The molecule has 0 amide bonds. The fraction of sp³-hybridized carbons (Fsp3) is 0.333. The normalized spacial score (nSPS) is 13.3. The molecule has 0 radical (unpaired) electrons. The van der Waals surface area contributed by atoms with Crippen molar-refractivity contribution in [2.45, 2.75) is 52.0 Å². The van der Waals surface area contributed by atoms with Gasteiger partial charge in [-0.15, -0.1) is 11.3 Å². The zero-order valence-corrected chi connectivity index (χ0v) is 19.3. The lowest BCUT2D eigenvalue weighted by Gasteiger charge is -2.16. The summed E-state index contributed by atoms with van der Waals surface area (Å²) in [4.78, 5) is 18.7. The number of hydrogen-bond acceptors (Lipinski definition) is 4. The number of fused-ring (bicyclic) bond motifs is 2. The van der Waals surface area contributed by atoms with Crippen LogP contribution in [0.2, 0.25) is 0 Å². The maximum atomic E-state index is 13.3. The van der Waals surface area contributed by atoms with Gasteiger partial charge in [0.15, 0.2) is 0 Å². The van der Waals surface area contributed by atoms with Crippen LogP contribution in [0, 0.1) is 0 Å². The van der Waals surface area contributed by atoms with E-state index < -0.39 is 0 Å². The van der Waals surface area contributed by atoms with E-state index in [1.807, 2.05) is 12.1 Å². The Kier molecular flexibility index (Phi) is 6.08. The van der Waals surface area contributed by atoms with E-state index in [1.54, 1.807) is 22.2 Å². The van der Waals surface area contributed by atoms with Crippen molar-refractivity contribution < 1.29 is 4.74 Å². The highest BCUT2D eigenvalue weighted by molar-refractivity contribution is 7.17. The molecule has 0 fully saturated rings. The van der Waals surface area contributed by atoms with E-state index in [2.05, 4.69) is 47.6 Å². The van der Waals surface area contributed by atoms with Crippen LogP contribution >= 0.6 is 11.3 Å². The van der Waals surface area contributed by atoms with Crippen molar-refractivity contribution >= 4 is 21.6 Å². The summed E-state index contributed by atoms with van der Waals surface area (Å²) < 4.78 is 7.57. The first kappa shape index (κ1) is 21.0. The van der Waals surface area contributed by atoms with Crippen molar-refractivity contribution in [2.24, 2.45) is 0 Å². The summed E-state index contributed by atoms with van der Waals surface area (Å²) in [6, 6.07) is 14.9. The standard InChI is InChI=1S/C27H28N2O2S/c1-2-19-8-12-23(13-9-19)31-15-5-14-29-18-28-26-25(27(29)30)24(17-32-26)22-11-10-20-6-3-4-7-21(20)16-22/h8-13,16-18H,2-7,14-15H2,1H3. The van der Waals surface area contributed by atoms with Crippen molar-refractivity contribution in [1.82, 2.24) is 9.55 Å². The molecule has 0 N–H and O–H groups in total. The molecule has 0 spiro atoms. The van der Waals surface area contributed by atoms with Crippen molar-refractivity contribution in [1.29, 1.82) is 0 Å². The fourth-order valence-electron chi connectivity index (χ4n) is 4.49. The lowest BCUT2D eigenvalue weighted by molar-refractivity contribution is 0.300. The Morgan fingerprint density at radius 3 is 2.69 bits per heavy atom. The van der Waals surface area contributed by atoms with E-state index in [0.29, 0.717) is 13.2 Å². The molecule has 0 atom stereocenters. The van der Waals surface area contributed by atoms with Crippen LogP contribution in [0.1, 0.15) is 42.9 Å². The smallest absolute Gasteiger partial charge is 0.262 e. The molecule has 5 heteroatoms. The number of nitrogens with zero attached hydrogens (tertiary/aromatic N) is 2. The number of benzene rings is 2. The van der Waals surface area contributed by atoms with Crippen LogP contribution in [0.15, 0.2) is 59.0 Å². The Hall–Kier alpha value is -2.92. The third-order valence-corrected chi connectivity index (χ3v) is 7.25. The first-order valence-corrected chi connectivity index (χ1v) is 12.4. The first-order chi connectivity index (χ1) is 15.7. The number of thiophene rings is 1. The van der Waals surface area contributed by atoms with Gasteiger partial charge in [-0.05, 0) is 72.9 Å². The van der Waals surface area contributed by atoms with Gasteiger partial charge in [-0.3, -0.25) is 9.36 Å². The van der Waals surface area contributed by atoms with Crippen LogP contribution in [0.4, 0.5) is 0 Å². The zero-order valence-electron chi connectivity index (χ0n) is 18.5. The number of aryl methyl sites for hydroxylation is 4. The Morgan fingerprint density at radius 1 is 1.06 bits per heavy atom. The van der Waals surface area contributed by atoms with E-state index >= 15 is 0 Å². The molecule has 4 nitrogen and oxygen atoms in total. The minimum absolute atomic E-state index is 0.0382. The van der Waals surface area contributed by atoms with Gasteiger partial charge in [0.25, 0.3) is 5.56 Å². The van der Waals surface area contributed by atoms with Gasteiger partial charge >= 0.3 is 0 Å². The molecule has 164 valence electrons. The highest BCUT2D eigenvalue weighted by Gasteiger charge is 2.16. The third-order valence-electron chi connectivity index (χ3n) is 6.36. The molecular weight excluding hydrogens is 416 g/mol. The Bertz CT molecular complexity index is 1290. The summed E-state index contributed by atoms with van der Waals surface area (Å²) >= 11 is 1.55. The van der Waals surface area contributed by atoms with Gasteiger partial charge in [0.1, 0.15) is 10.6 Å². The molecule has 2 aromatic heterocycles. The van der Waals surface area contributed by atoms with E-state index in [0.717, 1.165) is 46.4 Å². The van der Waals surface area contributed by atoms with Gasteiger partial charge in [0.05, 0.1) is 18.3 Å². The average molecular weight is 445 g/mol. The van der Waals surface area contributed by atoms with Gasteiger partial charge in [-0.25, -0.2) is 4.98 Å². The van der Waals surface area contributed by atoms with Crippen LogP contribution in [-0.2, 0) is 25.8 Å². The lowest BCUT2D eigenvalue weighted by Crippen LogP contribution is -2.21. The molecule has 4 aromatic rings. The minimum atomic E-state index is 0.0382. The largest absolute Gasteiger partial charge is 0.494 e. The maximum absolute atomic E-state index is 13.3. The fourth-order valence-corrected chi connectivity index (χ4v) is 5.39. The van der Waals surface area contributed by atoms with Crippen LogP contribution < -0.4 is 10.3 Å². The van der Waals surface area contributed by atoms with Crippen LogP contribution in [-0.4, -0.2) is 16.2 Å². The number of aromatic nitrogens is 2. The quantitative estimate of drug-likeness (QED) is 0.327. The summed E-state index contributed by atoms with van der Waals surface area (Å²) in [6.07, 6.45) is 8.27. The Balaban J connectivity index is 1.33. The summed E-state index contributed by atoms with van der Waals surface area (Å²) in [5, 5.41) is 2.82. The summed E-state index contributed by atoms with van der Waals surface area (Å²) in [6.45, 7) is 3.30. The number of hydrogen-bond donors (Lipinski definition) is 0. The van der Waals surface area contributed by atoms with Crippen molar-refractivity contribution in [3.63, 3.8) is 0 Å². The Morgan fingerprint density at radius 2 is 1.88 bits per heavy atom. The molecule has 0 aliphatic heterocycles. The molecule has 2 heterocycles. The summed E-state index contributed by atoms with van der Waals surface area (Å²) in [7, 11) is 0. The van der Waals surface area contributed by atoms with E-state index in [4.69, 9.17) is 4.74 Å². The van der Waals surface area contributed by atoms with Crippen molar-refractivity contribution in [3.8, 4) is 16.9 Å². The van der Waals surface area contributed by atoms with Crippen LogP contribution in [0.25, 0.3) is 21.3 Å². The van der Waals surface area contributed by atoms with E-state index in [9.17, 15) is 4.79 Å². The molecular formula is C27H28N2O2S. The topological polar surface area (TPSA) is 44.1 Å². The average Bonchev–Trinajstić information content (AvgIpc) is 3.28. The minimum Gasteiger partial charge on any atom is -0.494 e. The lowest BCUT2D eigenvalue weighted by atomic mass is 9.89. The van der Waals surface area contributed by atoms with Gasteiger partial charge in [-0.2, -0.15) is 0 Å². The monoisotopic (exact) mass is 444 g/mol. The highest BCUT2D eigenvalue weighted by Crippen LogP contribution is 2.33. The summed E-state index contributed by atoms with van der Waals surface area (Å²) in [5.74, 6) is 0.871. The van der Waals surface area contributed by atoms with Crippen LogP contribution in [0.5, 0.6) is 5.75 Å². The van der Waals surface area contributed by atoms with E-state index in [1.165, 1.54) is 36.0 Å². The second-order valence-corrected chi connectivity index (χ2v) is 9.32. The predicted molar refractivity (Wildman–Crippen MR) is 132 cm³/mol. The number of rotatable bonds is 7. The summed E-state index contributed by atoms with van der Waals surface area (Å²) in [5.41, 5.74) is 6.37. The zero-order chi connectivity index (χ0) is 21.9. The molecule has 32 heavy (non-hydrogen) atoms. The Labute approximate surface area is 192 Å². The third kappa shape index (κ3) is 4.22. The van der Waals surface area contributed by atoms with E-state index in [-0.39, 0.29) is 5.56 Å². The molecule has 0 saturated heterocycles. The maximum Gasteiger partial charge on any atom is 0.262 e. The molecule has 5 rings (SSSR count).